The van der Waals surface area contributed by atoms with Crippen molar-refractivity contribution < 1.29 is 42.7 Å². The number of carbonyl (C=O) groups is 6. The van der Waals surface area contributed by atoms with Crippen molar-refractivity contribution in [3.63, 3.8) is 0 Å². The third-order valence-corrected chi connectivity index (χ3v) is 17.4. The molecular formula is C48H64N4O9Si. The van der Waals surface area contributed by atoms with E-state index in [1.165, 1.54) is 12.0 Å². The number of amides is 4. The third kappa shape index (κ3) is 11.4. The lowest BCUT2D eigenvalue weighted by atomic mass is 9.94. The molecule has 0 aromatic heterocycles. The van der Waals surface area contributed by atoms with E-state index in [4.69, 9.17) is 9.16 Å². The fraction of sp³-hybridized carbons (Fsp3) is 0.500. The minimum Gasteiger partial charge on any atom is -0.482 e. The summed E-state index contributed by atoms with van der Waals surface area (Å²) in [5, 5.41) is 10.7. The second-order valence-corrected chi connectivity index (χ2v) is 21.9. The Bertz CT molecular complexity index is 1990. The lowest BCUT2D eigenvalue weighted by Gasteiger charge is -2.44. The highest BCUT2D eigenvalue weighted by Gasteiger charge is 2.51. The van der Waals surface area contributed by atoms with Crippen LogP contribution in [0.5, 0.6) is 5.75 Å². The smallest absolute Gasteiger partial charge is 0.343 e. The summed E-state index contributed by atoms with van der Waals surface area (Å²) in [5.41, 5.74) is -0.673. The van der Waals surface area contributed by atoms with Gasteiger partial charge >= 0.3 is 5.97 Å². The highest BCUT2D eigenvalue weighted by atomic mass is 28.4. The van der Waals surface area contributed by atoms with Gasteiger partial charge in [0.2, 0.25) is 23.6 Å². The Kier molecular flexibility index (Phi) is 16.3. The van der Waals surface area contributed by atoms with Gasteiger partial charge in [0, 0.05) is 19.4 Å². The first-order chi connectivity index (χ1) is 29.5. The number of methoxy groups -OCH3 is 1. The fourth-order valence-corrected chi connectivity index (χ4v) is 13.1. The van der Waals surface area contributed by atoms with Gasteiger partial charge in [-0.15, -0.1) is 0 Å². The zero-order valence-corrected chi connectivity index (χ0v) is 38.3. The van der Waals surface area contributed by atoms with Gasteiger partial charge in [0.15, 0.2) is 12.4 Å². The Morgan fingerprint density at radius 2 is 1.48 bits per heavy atom. The molecule has 0 saturated carbocycles. The number of hydrogen-bond donors (Lipinski definition) is 3. The normalized spacial score (nSPS) is 21.7. The number of fused-ring (bicyclic) bond motifs is 1. The van der Waals surface area contributed by atoms with Crippen molar-refractivity contribution in [3.8, 4) is 5.75 Å². The molecule has 2 saturated heterocycles. The van der Waals surface area contributed by atoms with E-state index < -0.39 is 61.8 Å². The number of hydrogen-bond acceptors (Lipinski definition) is 9. The summed E-state index contributed by atoms with van der Waals surface area (Å²) in [6, 6.07) is 24.4. The topological polar surface area (TPSA) is 169 Å². The summed E-state index contributed by atoms with van der Waals surface area (Å²) in [4.78, 5) is 82.9. The van der Waals surface area contributed by atoms with Crippen LogP contribution in [0.1, 0.15) is 98.5 Å². The highest BCUT2D eigenvalue weighted by molar-refractivity contribution is 6.99. The SMILES string of the molecule is CC[C@]1(C)NC(=O)[C@H](CCCCCC(=O)[C@H](C)O[Si](c2ccccc2)(c2ccccc2)C(C)(C)C)NC(=O)[C@H]2CCCN2C(=O)[C@H](Cc2ccc(OCC(=O)OC)cc2)NC1=O. The molecule has 14 heteroatoms. The average Bonchev–Trinajstić information content (AvgIpc) is 3.77. The van der Waals surface area contributed by atoms with Crippen LogP contribution in [0.4, 0.5) is 0 Å². The molecular weight excluding hydrogens is 805 g/mol. The first-order valence-electron chi connectivity index (χ1n) is 21.9. The van der Waals surface area contributed by atoms with Crippen molar-refractivity contribution in [1.82, 2.24) is 20.9 Å². The molecule has 2 aliphatic heterocycles. The van der Waals surface area contributed by atoms with Gasteiger partial charge in [-0.25, -0.2) is 4.79 Å². The summed E-state index contributed by atoms with van der Waals surface area (Å²) in [6.07, 6.45) is 3.01. The van der Waals surface area contributed by atoms with Gasteiger partial charge in [-0.3, -0.25) is 24.0 Å². The Morgan fingerprint density at radius 1 is 0.855 bits per heavy atom. The van der Waals surface area contributed by atoms with Crippen molar-refractivity contribution in [2.45, 2.75) is 134 Å². The van der Waals surface area contributed by atoms with E-state index in [0.29, 0.717) is 56.4 Å². The van der Waals surface area contributed by atoms with Crippen molar-refractivity contribution in [2.24, 2.45) is 0 Å². The molecule has 0 radical (unpaired) electrons. The van der Waals surface area contributed by atoms with E-state index in [9.17, 15) is 28.8 Å². The molecule has 0 spiro atoms. The molecule has 2 aliphatic rings. The number of nitrogens with one attached hydrogen (secondary N) is 3. The van der Waals surface area contributed by atoms with Crippen LogP contribution in [0.25, 0.3) is 0 Å². The molecule has 0 bridgehead atoms. The number of ether oxygens (including phenoxy) is 2. The zero-order chi connectivity index (χ0) is 45.1. The summed E-state index contributed by atoms with van der Waals surface area (Å²) in [7, 11) is -1.66. The van der Waals surface area contributed by atoms with Crippen LogP contribution < -0.4 is 31.1 Å². The predicted octanol–water partition coefficient (Wildman–Crippen LogP) is 4.52. The molecule has 2 heterocycles. The van der Waals surface area contributed by atoms with Gasteiger partial charge in [-0.05, 0) is 79.1 Å². The number of nitrogens with zero attached hydrogens (tertiary/aromatic N) is 1. The first kappa shape index (κ1) is 47.7. The molecule has 5 rings (SSSR count). The van der Waals surface area contributed by atoms with Crippen LogP contribution >= 0.6 is 0 Å². The lowest BCUT2D eigenvalue weighted by Crippen LogP contribution is -2.68. The minimum absolute atomic E-state index is 0.00530. The van der Waals surface area contributed by atoms with Gasteiger partial charge in [0.1, 0.15) is 35.5 Å². The maximum atomic E-state index is 14.2. The largest absolute Gasteiger partial charge is 0.482 e. The summed E-state index contributed by atoms with van der Waals surface area (Å²) in [5.74, 6) is -1.90. The standard InChI is InChI=1S/C48H64N4O9Si/c1-8-48(6)46(58)50-39(31-34-26-28-35(29-27-34)60-32-42(54)59-7)45(57)52-30-18-24-40(52)44(56)49-38(43(55)51-48)23-16-11-17-25-41(53)33(2)61-62(47(3,4)5,36-19-12-9-13-20-36)37-21-14-10-15-22-37/h9-10,12-15,19-22,26-29,33,38-40H,8,11,16-18,23-25,30-32H2,1-7H3,(H,49,56)(H,50,58)(H,51,55)/t33-,38-,39-,40+,48-/m0/s1. The molecule has 3 aromatic rings. The number of esters is 1. The number of Topliss-reactive ketones (excluding diaryl/α,β-unsaturated/α-hetero) is 1. The van der Waals surface area contributed by atoms with Gasteiger partial charge in [-0.2, -0.15) is 0 Å². The Morgan fingerprint density at radius 3 is 2.06 bits per heavy atom. The van der Waals surface area contributed by atoms with Crippen molar-refractivity contribution in [2.75, 3.05) is 20.3 Å². The first-order valence-corrected chi connectivity index (χ1v) is 23.8. The summed E-state index contributed by atoms with van der Waals surface area (Å²) in [6.45, 7) is 11.8. The fourth-order valence-electron chi connectivity index (χ4n) is 8.43. The second kappa shape index (κ2) is 21.2. The maximum absolute atomic E-state index is 14.2. The molecule has 334 valence electrons. The van der Waals surface area contributed by atoms with Crippen LogP contribution in [-0.2, 0) is 44.4 Å². The molecule has 0 aliphatic carbocycles. The summed E-state index contributed by atoms with van der Waals surface area (Å²) >= 11 is 0. The van der Waals surface area contributed by atoms with E-state index in [1.807, 2.05) is 43.3 Å². The maximum Gasteiger partial charge on any atom is 0.343 e. The molecule has 0 unspecified atom stereocenters. The highest BCUT2D eigenvalue weighted by Crippen LogP contribution is 2.38. The van der Waals surface area contributed by atoms with E-state index in [0.717, 1.165) is 10.4 Å². The lowest BCUT2D eigenvalue weighted by molar-refractivity contribution is -0.144. The Hall–Kier alpha value is -5.34. The second-order valence-electron chi connectivity index (χ2n) is 17.7. The molecule has 3 N–H and O–H groups in total. The molecule has 13 nitrogen and oxygen atoms in total. The molecule has 5 atom stereocenters. The van der Waals surface area contributed by atoms with Gasteiger partial charge < -0.3 is 34.8 Å². The van der Waals surface area contributed by atoms with Crippen molar-refractivity contribution in [1.29, 1.82) is 0 Å². The monoisotopic (exact) mass is 868 g/mol. The number of rotatable bonds is 17. The summed E-state index contributed by atoms with van der Waals surface area (Å²) < 4.78 is 17.1. The van der Waals surface area contributed by atoms with E-state index in [-0.39, 0.29) is 42.6 Å². The number of carbonyl (C=O) groups excluding carboxylic acids is 6. The zero-order valence-electron chi connectivity index (χ0n) is 37.3. The van der Waals surface area contributed by atoms with Crippen LogP contribution in [0, 0.1) is 0 Å². The molecule has 4 amide bonds. The van der Waals surface area contributed by atoms with E-state index in [1.54, 1.807) is 38.1 Å². The van der Waals surface area contributed by atoms with Gasteiger partial charge in [0.05, 0.1) is 7.11 Å². The Balaban J connectivity index is 1.24. The van der Waals surface area contributed by atoms with Crippen LogP contribution in [0.15, 0.2) is 84.9 Å². The predicted molar refractivity (Wildman–Crippen MR) is 239 cm³/mol. The van der Waals surface area contributed by atoms with Crippen LogP contribution in [-0.4, -0.2) is 98.6 Å². The average molecular weight is 869 g/mol. The van der Waals surface area contributed by atoms with E-state index in [2.05, 4.69) is 65.7 Å². The minimum atomic E-state index is -2.93. The van der Waals surface area contributed by atoms with Gasteiger partial charge in [0.25, 0.3) is 8.32 Å². The number of benzene rings is 3. The third-order valence-electron chi connectivity index (χ3n) is 12.3. The van der Waals surface area contributed by atoms with Crippen LogP contribution in [0.2, 0.25) is 5.04 Å². The molecule has 3 aromatic carbocycles. The van der Waals surface area contributed by atoms with Gasteiger partial charge in [-0.1, -0.05) is 113 Å². The molecule has 2 fully saturated rings. The van der Waals surface area contributed by atoms with Crippen LogP contribution in [0.3, 0.4) is 0 Å². The van der Waals surface area contributed by atoms with Crippen molar-refractivity contribution >= 4 is 54.1 Å². The number of unbranched alkanes of at least 4 members (excludes halogenated alkanes) is 2. The number of ketones is 1. The molecule has 62 heavy (non-hydrogen) atoms. The van der Waals surface area contributed by atoms with E-state index >= 15 is 0 Å². The Labute approximate surface area is 367 Å². The van der Waals surface area contributed by atoms with Crippen molar-refractivity contribution in [3.05, 3.63) is 90.5 Å². The quantitative estimate of drug-likeness (QED) is 0.100.